The molecule has 0 heterocycles. The van der Waals surface area contributed by atoms with Crippen LogP contribution in [-0.2, 0) is 0 Å². The zero-order valence-corrected chi connectivity index (χ0v) is 8.91. The largest absolute Gasteiger partial charge is 0.465 e. The number of nitrogens with one attached hydrogen (secondary N) is 1. The van der Waals surface area contributed by atoms with E-state index in [4.69, 9.17) is 5.11 Å². The summed E-state index contributed by atoms with van der Waals surface area (Å²) >= 11 is 0. The number of non-ortho nitro benzene ring substituents is 1. The van der Waals surface area contributed by atoms with E-state index in [9.17, 15) is 19.7 Å². The second-order valence-corrected chi connectivity index (χ2v) is 3.34. The molecule has 1 unspecified atom stereocenters. The summed E-state index contributed by atoms with van der Waals surface area (Å²) in [7, 11) is 0. The van der Waals surface area contributed by atoms with Gasteiger partial charge in [-0.05, 0) is 19.1 Å². The lowest BCUT2D eigenvalue weighted by atomic mass is 10.1. The van der Waals surface area contributed by atoms with Crippen molar-refractivity contribution in [1.29, 1.82) is 0 Å². The van der Waals surface area contributed by atoms with Crippen LogP contribution >= 0.6 is 0 Å². The Labute approximate surface area is 96.2 Å². The van der Waals surface area contributed by atoms with E-state index in [2.05, 4.69) is 0 Å². The van der Waals surface area contributed by atoms with Crippen LogP contribution in [0.5, 0.6) is 0 Å². The predicted molar refractivity (Wildman–Crippen MR) is 58.0 cm³/mol. The summed E-state index contributed by atoms with van der Waals surface area (Å²) in [5, 5.41) is 20.8. The number of amides is 1. The molecule has 2 N–H and O–H groups in total. The Bertz CT molecular complexity index is 454. The van der Waals surface area contributed by atoms with E-state index < -0.39 is 22.8 Å². The number of carboxylic acid groups (broad SMARTS) is 1. The van der Waals surface area contributed by atoms with E-state index in [-0.39, 0.29) is 11.3 Å². The number of nitro benzene ring substituents is 1. The van der Waals surface area contributed by atoms with Gasteiger partial charge in [-0.1, -0.05) is 0 Å². The number of carbonyl (C=O) groups excluding carboxylic acids is 1. The number of hydrogen-bond donors (Lipinski definition) is 2. The first-order valence-electron chi connectivity index (χ1n) is 4.70. The molecule has 90 valence electrons. The molecule has 0 aromatic heterocycles. The smallest absolute Gasteiger partial charge is 0.405 e. The Morgan fingerprint density at radius 3 is 2.29 bits per heavy atom. The second kappa shape index (κ2) is 5.06. The van der Waals surface area contributed by atoms with Gasteiger partial charge in [-0.25, -0.2) is 4.79 Å². The van der Waals surface area contributed by atoms with Gasteiger partial charge in [0.15, 0.2) is 5.78 Å². The van der Waals surface area contributed by atoms with Crippen LogP contribution in [-0.4, -0.2) is 27.9 Å². The Balaban J connectivity index is 2.82. The second-order valence-electron chi connectivity index (χ2n) is 3.34. The number of rotatable bonds is 4. The zero-order valence-electron chi connectivity index (χ0n) is 8.91. The first-order chi connectivity index (χ1) is 7.91. The van der Waals surface area contributed by atoms with Crippen LogP contribution in [0.25, 0.3) is 0 Å². The maximum atomic E-state index is 11.7. The van der Waals surface area contributed by atoms with Crippen LogP contribution in [0.15, 0.2) is 24.3 Å². The van der Waals surface area contributed by atoms with Gasteiger partial charge in [-0.2, -0.15) is 0 Å². The van der Waals surface area contributed by atoms with Crippen LogP contribution < -0.4 is 5.32 Å². The quantitative estimate of drug-likeness (QED) is 0.468. The van der Waals surface area contributed by atoms with E-state index in [0.29, 0.717) is 0 Å². The van der Waals surface area contributed by atoms with Crippen LogP contribution in [0.3, 0.4) is 0 Å². The number of ketones is 1. The molecular weight excluding hydrogens is 228 g/mol. The molecule has 0 radical (unpaired) electrons. The number of nitro groups is 1. The summed E-state index contributed by atoms with van der Waals surface area (Å²) in [5.41, 5.74) is 0.0947. The summed E-state index contributed by atoms with van der Waals surface area (Å²) in [6, 6.07) is 4.08. The lowest BCUT2D eigenvalue weighted by Gasteiger charge is -2.09. The summed E-state index contributed by atoms with van der Waals surface area (Å²) in [5.74, 6) is -0.442. The van der Waals surface area contributed by atoms with Crippen molar-refractivity contribution in [2.24, 2.45) is 0 Å². The van der Waals surface area contributed by atoms with E-state index in [0.717, 1.165) is 0 Å². The third kappa shape index (κ3) is 3.26. The van der Waals surface area contributed by atoms with Gasteiger partial charge in [-0.3, -0.25) is 14.9 Å². The number of benzene rings is 1. The molecule has 1 rings (SSSR count). The van der Waals surface area contributed by atoms with Crippen molar-refractivity contribution in [3.8, 4) is 0 Å². The Kier molecular flexibility index (Phi) is 3.76. The highest BCUT2D eigenvalue weighted by atomic mass is 16.6. The van der Waals surface area contributed by atoms with Gasteiger partial charge in [0.25, 0.3) is 5.69 Å². The van der Waals surface area contributed by atoms with Gasteiger partial charge in [0.1, 0.15) is 0 Å². The van der Waals surface area contributed by atoms with Gasteiger partial charge in [-0.15, -0.1) is 0 Å². The van der Waals surface area contributed by atoms with Crippen molar-refractivity contribution in [3.63, 3.8) is 0 Å². The van der Waals surface area contributed by atoms with Gasteiger partial charge < -0.3 is 10.4 Å². The van der Waals surface area contributed by atoms with Crippen molar-refractivity contribution in [1.82, 2.24) is 5.32 Å². The standard InChI is InChI=1S/C10H10N2O5/c1-6(11-10(14)15)9(13)7-2-4-8(5-3-7)12(16)17/h2-6,11H,1H3,(H,14,15). The fourth-order valence-electron chi connectivity index (χ4n) is 1.25. The fraction of sp³-hybridized carbons (Fsp3) is 0.200. The molecular formula is C10H10N2O5. The summed E-state index contributed by atoms with van der Waals surface area (Å²) in [6.45, 7) is 1.40. The molecule has 0 fully saturated rings. The lowest BCUT2D eigenvalue weighted by molar-refractivity contribution is -0.384. The average Bonchev–Trinajstić information content (AvgIpc) is 2.27. The molecule has 7 heteroatoms. The number of carbonyl (C=O) groups is 2. The maximum Gasteiger partial charge on any atom is 0.405 e. The van der Waals surface area contributed by atoms with Crippen molar-refractivity contribution in [2.75, 3.05) is 0 Å². The molecule has 1 aromatic rings. The highest BCUT2D eigenvalue weighted by Crippen LogP contribution is 2.13. The van der Waals surface area contributed by atoms with Crippen molar-refractivity contribution in [3.05, 3.63) is 39.9 Å². The van der Waals surface area contributed by atoms with Crippen LogP contribution in [0.1, 0.15) is 17.3 Å². The fourth-order valence-corrected chi connectivity index (χ4v) is 1.25. The molecule has 17 heavy (non-hydrogen) atoms. The lowest BCUT2D eigenvalue weighted by Crippen LogP contribution is -2.37. The van der Waals surface area contributed by atoms with E-state index in [1.54, 1.807) is 0 Å². The van der Waals surface area contributed by atoms with Crippen molar-refractivity contribution in [2.45, 2.75) is 13.0 Å². The molecule has 0 bridgehead atoms. The van der Waals surface area contributed by atoms with E-state index in [1.807, 2.05) is 5.32 Å². The van der Waals surface area contributed by atoms with Crippen molar-refractivity contribution >= 4 is 17.6 Å². The highest BCUT2D eigenvalue weighted by Gasteiger charge is 2.17. The molecule has 1 atom stereocenters. The predicted octanol–water partition coefficient (Wildman–Crippen LogP) is 1.43. The third-order valence-corrected chi connectivity index (χ3v) is 2.10. The van der Waals surface area contributed by atoms with Gasteiger partial charge in [0, 0.05) is 17.7 Å². The molecule has 1 amide bonds. The summed E-state index contributed by atoms with van der Waals surface area (Å²) < 4.78 is 0. The monoisotopic (exact) mass is 238 g/mol. The van der Waals surface area contributed by atoms with Gasteiger partial charge in [0.2, 0.25) is 0 Å². The van der Waals surface area contributed by atoms with Crippen molar-refractivity contribution < 1.29 is 19.6 Å². The zero-order chi connectivity index (χ0) is 13.0. The Morgan fingerprint density at radius 2 is 1.88 bits per heavy atom. The van der Waals surface area contributed by atoms with Crippen LogP contribution in [0.2, 0.25) is 0 Å². The molecule has 0 saturated heterocycles. The number of hydrogen-bond acceptors (Lipinski definition) is 4. The Morgan fingerprint density at radius 1 is 1.35 bits per heavy atom. The first-order valence-corrected chi connectivity index (χ1v) is 4.70. The third-order valence-electron chi connectivity index (χ3n) is 2.10. The molecule has 0 aliphatic rings. The molecule has 0 spiro atoms. The van der Waals surface area contributed by atoms with Gasteiger partial charge >= 0.3 is 6.09 Å². The molecule has 0 saturated carbocycles. The molecule has 0 aliphatic carbocycles. The summed E-state index contributed by atoms with van der Waals surface area (Å²) in [6.07, 6.45) is -1.30. The molecule has 0 aliphatic heterocycles. The molecule has 1 aromatic carbocycles. The van der Waals surface area contributed by atoms with E-state index >= 15 is 0 Å². The minimum absolute atomic E-state index is 0.125. The SMILES string of the molecule is CC(NC(=O)O)C(=O)c1ccc([N+](=O)[O-])cc1. The Hall–Kier alpha value is -2.44. The minimum Gasteiger partial charge on any atom is -0.465 e. The average molecular weight is 238 g/mol. The van der Waals surface area contributed by atoms with Crippen LogP contribution in [0.4, 0.5) is 10.5 Å². The minimum atomic E-state index is -1.30. The molecule has 7 nitrogen and oxygen atoms in total. The number of nitrogens with zero attached hydrogens (tertiary/aromatic N) is 1. The normalized spacial score (nSPS) is 11.6. The topological polar surface area (TPSA) is 110 Å². The van der Waals surface area contributed by atoms with E-state index in [1.165, 1.54) is 31.2 Å². The van der Waals surface area contributed by atoms with Gasteiger partial charge in [0.05, 0.1) is 11.0 Å². The first kappa shape index (κ1) is 12.6. The number of Topliss-reactive ketones (excluding diaryl/α,β-unsaturated/α-hetero) is 1. The maximum absolute atomic E-state index is 11.7. The van der Waals surface area contributed by atoms with Crippen LogP contribution in [0, 0.1) is 10.1 Å². The summed E-state index contributed by atoms with van der Waals surface area (Å²) in [4.78, 5) is 31.8. The highest BCUT2D eigenvalue weighted by molar-refractivity contribution is 6.01.